The summed E-state index contributed by atoms with van der Waals surface area (Å²) in [4.78, 5) is -0.960. The fourth-order valence-corrected chi connectivity index (χ4v) is 5.06. The highest BCUT2D eigenvalue weighted by Crippen LogP contribution is 2.37. The Bertz CT molecular complexity index is 1710. The molecule has 35 heavy (non-hydrogen) atoms. The van der Waals surface area contributed by atoms with E-state index in [1.54, 1.807) is 18.2 Å². The maximum atomic E-state index is 12.3. The van der Waals surface area contributed by atoms with Gasteiger partial charge >= 0.3 is 0 Å². The lowest BCUT2D eigenvalue weighted by molar-refractivity contribution is 0.480. The fraction of sp³-hybridized carbons (Fsp3) is 0. The minimum absolute atomic E-state index is 0.0151. The van der Waals surface area contributed by atoms with Gasteiger partial charge in [0.2, 0.25) is 0 Å². The summed E-state index contributed by atoms with van der Waals surface area (Å²) < 4.78 is 67.3. The molecule has 0 aliphatic carbocycles. The number of azo groups is 1. The molecule has 9 nitrogen and oxygen atoms in total. The van der Waals surface area contributed by atoms with E-state index < -0.39 is 25.1 Å². The first-order valence-electron chi connectivity index (χ1n) is 10.1. The van der Waals surface area contributed by atoms with Crippen molar-refractivity contribution in [3.05, 3.63) is 90.0 Å². The van der Waals surface area contributed by atoms with Crippen LogP contribution >= 0.6 is 0 Å². The van der Waals surface area contributed by atoms with Crippen LogP contribution in [0.5, 0.6) is 0 Å². The third-order valence-corrected chi connectivity index (χ3v) is 6.99. The number of fused-ring (bicyclic) bond motifs is 1. The first-order chi connectivity index (χ1) is 16.6. The smallest absolute Gasteiger partial charge is 0.297 e. The monoisotopic (exact) mass is 509 g/mol. The van der Waals surface area contributed by atoms with Crippen molar-refractivity contribution in [3.63, 3.8) is 0 Å². The number of rotatable bonds is 6. The van der Waals surface area contributed by atoms with E-state index >= 15 is 0 Å². The van der Waals surface area contributed by atoms with E-state index in [-0.39, 0.29) is 27.4 Å². The fourth-order valence-electron chi connectivity index (χ4n) is 3.54. The van der Waals surface area contributed by atoms with E-state index in [4.69, 9.17) is 5.73 Å². The zero-order chi connectivity index (χ0) is 25.2. The van der Waals surface area contributed by atoms with Crippen LogP contribution in [-0.2, 0) is 20.2 Å². The highest BCUT2D eigenvalue weighted by atomic mass is 32.2. The average molecular weight is 510 g/mol. The average Bonchev–Trinajstić information content (AvgIpc) is 2.81. The molecular weight excluding hydrogens is 490 g/mol. The zero-order valence-electron chi connectivity index (χ0n) is 18.0. The normalized spacial score (nSPS) is 12.6. The van der Waals surface area contributed by atoms with Crippen LogP contribution in [0, 0.1) is 0 Å². The van der Waals surface area contributed by atoms with Gasteiger partial charge in [0.1, 0.15) is 15.5 Å². The van der Waals surface area contributed by atoms with Crippen molar-refractivity contribution in [2.45, 2.75) is 9.79 Å². The van der Waals surface area contributed by atoms with Crippen LogP contribution in [0.25, 0.3) is 22.9 Å². The number of hydrogen-bond donors (Lipinski definition) is 3. The predicted molar refractivity (Wildman–Crippen MR) is 134 cm³/mol. The number of nitrogens with zero attached hydrogens (tertiary/aromatic N) is 2. The summed E-state index contributed by atoms with van der Waals surface area (Å²) >= 11 is 0. The van der Waals surface area contributed by atoms with Crippen molar-refractivity contribution in [3.8, 4) is 0 Å². The standard InChI is InChI=1S/C24H19N3O6S2/c25-20-15-14-18(13-12-17-7-2-4-11-22(17)34(28,29)30)24(35(31,32)33)23(20)27-26-21-10-5-8-16-6-1-3-9-19(16)21/h1-15H,25H2,(H,28,29,30)(H,31,32,33). The van der Waals surface area contributed by atoms with E-state index in [9.17, 15) is 25.9 Å². The van der Waals surface area contributed by atoms with Crippen molar-refractivity contribution in [1.29, 1.82) is 0 Å². The van der Waals surface area contributed by atoms with Crippen LogP contribution in [0.3, 0.4) is 0 Å². The molecule has 4 rings (SSSR count). The Balaban J connectivity index is 1.85. The van der Waals surface area contributed by atoms with E-state index in [1.807, 2.05) is 30.3 Å². The zero-order valence-corrected chi connectivity index (χ0v) is 19.6. The highest BCUT2D eigenvalue weighted by molar-refractivity contribution is 7.86. The Labute approximate surface area is 201 Å². The van der Waals surface area contributed by atoms with E-state index in [1.165, 1.54) is 42.5 Å². The van der Waals surface area contributed by atoms with E-state index in [0.29, 0.717) is 5.69 Å². The van der Waals surface area contributed by atoms with Gasteiger partial charge in [0, 0.05) is 5.39 Å². The summed E-state index contributed by atoms with van der Waals surface area (Å²) in [5, 5.41) is 9.92. The van der Waals surface area contributed by atoms with Gasteiger partial charge in [-0.15, -0.1) is 10.2 Å². The summed E-state index contributed by atoms with van der Waals surface area (Å²) in [7, 11) is -9.35. The molecule has 4 N–H and O–H groups in total. The van der Waals surface area contributed by atoms with Crippen molar-refractivity contribution in [1.82, 2.24) is 0 Å². The van der Waals surface area contributed by atoms with E-state index in [0.717, 1.165) is 10.8 Å². The minimum atomic E-state index is -4.83. The molecule has 0 aliphatic rings. The molecule has 0 fully saturated rings. The number of benzene rings is 4. The summed E-state index contributed by atoms with van der Waals surface area (Å²) in [6.45, 7) is 0. The van der Waals surface area contributed by atoms with Crippen LogP contribution in [0.4, 0.5) is 17.1 Å². The van der Waals surface area contributed by atoms with Gasteiger partial charge < -0.3 is 5.73 Å². The quantitative estimate of drug-likeness (QED) is 0.134. The Hall–Kier alpha value is -3.90. The summed E-state index contributed by atoms with van der Waals surface area (Å²) in [5.41, 5.74) is 6.22. The maximum Gasteiger partial charge on any atom is 0.297 e. The molecule has 0 spiro atoms. The number of nitrogen functional groups attached to an aromatic ring is 1. The maximum absolute atomic E-state index is 12.3. The number of hydrogen-bond acceptors (Lipinski definition) is 7. The van der Waals surface area contributed by atoms with Crippen molar-refractivity contribution < 1.29 is 25.9 Å². The number of nitrogens with two attached hydrogens (primary N) is 1. The van der Waals surface area contributed by atoms with Gasteiger partial charge in [0.05, 0.1) is 11.4 Å². The van der Waals surface area contributed by atoms with Crippen LogP contribution in [0.2, 0.25) is 0 Å². The van der Waals surface area contributed by atoms with Gasteiger partial charge in [-0.1, -0.05) is 72.8 Å². The van der Waals surface area contributed by atoms with Gasteiger partial charge in [-0.25, -0.2) is 0 Å². The molecule has 11 heteroatoms. The SMILES string of the molecule is Nc1ccc(C=Cc2ccccc2S(=O)(=O)O)c(S(=O)(=O)O)c1N=Nc1cccc2ccccc12. The lowest BCUT2D eigenvalue weighted by atomic mass is 10.1. The Kier molecular flexibility index (Phi) is 6.50. The molecule has 4 aromatic carbocycles. The Morgan fingerprint density at radius 2 is 1.34 bits per heavy atom. The number of anilines is 1. The topological polar surface area (TPSA) is 159 Å². The Morgan fingerprint density at radius 3 is 2.09 bits per heavy atom. The van der Waals surface area contributed by atoms with E-state index in [2.05, 4.69) is 10.2 Å². The third kappa shape index (κ3) is 5.28. The first kappa shape index (κ1) is 24.2. The first-order valence-corrected chi connectivity index (χ1v) is 13.0. The van der Waals surface area contributed by atoms with Crippen molar-refractivity contribution in [2.75, 3.05) is 5.73 Å². The summed E-state index contributed by atoms with van der Waals surface area (Å²) in [6.07, 6.45) is 2.55. The van der Waals surface area contributed by atoms with Crippen LogP contribution in [0.15, 0.2) is 98.9 Å². The van der Waals surface area contributed by atoms with Crippen LogP contribution in [0.1, 0.15) is 11.1 Å². The van der Waals surface area contributed by atoms with Gasteiger partial charge in [-0.3, -0.25) is 9.11 Å². The van der Waals surface area contributed by atoms with Gasteiger partial charge in [0.25, 0.3) is 20.2 Å². The molecule has 0 amide bonds. The molecule has 0 bridgehead atoms. The van der Waals surface area contributed by atoms with Gasteiger partial charge in [-0.05, 0) is 34.7 Å². The second-order valence-corrected chi connectivity index (χ2v) is 10.2. The summed E-state index contributed by atoms with van der Waals surface area (Å²) in [5.74, 6) is 0. The molecule has 0 aromatic heterocycles. The third-order valence-electron chi connectivity index (χ3n) is 5.11. The second kappa shape index (κ2) is 9.39. The molecule has 0 saturated carbocycles. The molecule has 178 valence electrons. The predicted octanol–water partition coefficient (Wildman–Crippen LogP) is 5.50. The largest absolute Gasteiger partial charge is 0.397 e. The molecule has 0 radical (unpaired) electrons. The highest BCUT2D eigenvalue weighted by Gasteiger charge is 2.22. The van der Waals surface area contributed by atoms with Gasteiger partial charge in [0.15, 0.2) is 0 Å². The Morgan fingerprint density at radius 1 is 0.686 bits per heavy atom. The molecule has 0 atom stereocenters. The lowest BCUT2D eigenvalue weighted by Gasteiger charge is -2.10. The molecule has 4 aromatic rings. The minimum Gasteiger partial charge on any atom is -0.397 e. The van der Waals surface area contributed by atoms with Crippen molar-refractivity contribution >= 4 is 60.2 Å². The van der Waals surface area contributed by atoms with Gasteiger partial charge in [-0.2, -0.15) is 16.8 Å². The molecule has 0 unspecified atom stereocenters. The molecule has 0 heterocycles. The molecular formula is C24H19N3O6S2. The second-order valence-electron chi connectivity index (χ2n) is 7.44. The van der Waals surface area contributed by atoms with Crippen LogP contribution in [-0.4, -0.2) is 25.9 Å². The molecule has 0 saturated heterocycles. The lowest BCUT2D eigenvalue weighted by Crippen LogP contribution is -2.03. The van der Waals surface area contributed by atoms with Crippen molar-refractivity contribution in [2.24, 2.45) is 10.2 Å². The van der Waals surface area contributed by atoms with Crippen LogP contribution < -0.4 is 5.73 Å². The summed E-state index contributed by atoms with van der Waals surface area (Å²) in [6, 6.07) is 21.1. The molecule has 0 aliphatic heterocycles.